The van der Waals surface area contributed by atoms with Gasteiger partial charge in [0.05, 0.1) is 0 Å². The van der Waals surface area contributed by atoms with E-state index < -0.39 is 5.41 Å². The van der Waals surface area contributed by atoms with E-state index in [1.54, 1.807) is 0 Å². The van der Waals surface area contributed by atoms with Gasteiger partial charge in [0.2, 0.25) is 0 Å². The van der Waals surface area contributed by atoms with Crippen LogP contribution in [-0.2, 0) is 18.6 Å². The minimum absolute atomic E-state index is 0.470. The van der Waals surface area contributed by atoms with Gasteiger partial charge in [0.15, 0.2) is 0 Å². The van der Waals surface area contributed by atoms with Crippen LogP contribution in [-0.4, -0.2) is 0 Å². The Bertz CT molecular complexity index is 1470. The van der Waals surface area contributed by atoms with E-state index in [2.05, 4.69) is 135 Å². The van der Waals surface area contributed by atoms with Crippen LogP contribution in [0.3, 0.4) is 0 Å². The molecule has 0 unspecified atom stereocenters. The van der Waals surface area contributed by atoms with Crippen molar-refractivity contribution in [1.82, 2.24) is 0 Å². The van der Waals surface area contributed by atoms with Gasteiger partial charge in [-0.25, -0.2) is 0 Å². The molecule has 40 heavy (non-hydrogen) atoms. The SMILES string of the molecule is C=Cc1ccc(COc2ccccc2C(C)(c2ccccc2)c2ccccc2OCc2ccc(C=C)cc2)cc1. The second-order valence-corrected chi connectivity index (χ2v) is 9.95. The van der Waals surface area contributed by atoms with Crippen molar-refractivity contribution in [3.8, 4) is 11.5 Å². The summed E-state index contributed by atoms with van der Waals surface area (Å²) >= 11 is 0. The maximum Gasteiger partial charge on any atom is 0.124 e. The smallest absolute Gasteiger partial charge is 0.124 e. The van der Waals surface area contributed by atoms with E-state index in [1.807, 2.05) is 24.3 Å². The molecule has 0 aliphatic rings. The summed E-state index contributed by atoms with van der Waals surface area (Å²) in [6.07, 6.45) is 3.70. The fourth-order valence-corrected chi connectivity index (χ4v) is 5.06. The molecule has 2 nitrogen and oxygen atoms in total. The first-order valence-electron chi connectivity index (χ1n) is 13.5. The molecular formula is C38H34O2. The monoisotopic (exact) mass is 522 g/mol. The van der Waals surface area contributed by atoms with Gasteiger partial charge in [-0.2, -0.15) is 0 Å². The number of hydrogen-bond donors (Lipinski definition) is 0. The predicted molar refractivity (Wildman–Crippen MR) is 167 cm³/mol. The summed E-state index contributed by atoms with van der Waals surface area (Å²) in [5, 5.41) is 0. The van der Waals surface area contributed by atoms with Gasteiger partial charge in [-0.15, -0.1) is 0 Å². The summed E-state index contributed by atoms with van der Waals surface area (Å²) < 4.78 is 13.0. The summed E-state index contributed by atoms with van der Waals surface area (Å²) in [6, 6.07) is 43.8. The van der Waals surface area contributed by atoms with E-state index in [-0.39, 0.29) is 0 Å². The Hall–Kier alpha value is -4.82. The molecule has 0 aliphatic carbocycles. The van der Waals surface area contributed by atoms with Gasteiger partial charge >= 0.3 is 0 Å². The molecule has 0 radical (unpaired) electrons. The number of hydrogen-bond acceptors (Lipinski definition) is 2. The Balaban J connectivity index is 1.53. The van der Waals surface area contributed by atoms with Gasteiger partial charge in [0, 0.05) is 16.5 Å². The van der Waals surface area contributed by atoms with E-state index in [1.165, 1.54) is 0 Å². The zero-order chi connectivity index (χ0) is 27.8. The lowest BCUT2D eigenvalue weighted by Gasteiger charge is -2.34. The second kappa shape index (κ2) is 12.4. The Kier molecular flexibility index (Phi) is 8.27. The van der Waals surface area contributed by atoms with Crippen LogP contribution in [0.25, 0.3) is 12.2 Å². The van der Waals surface area contributed by atoms with Crippen molar-refractivity contribution in [1.29, 1.82) is 0 Å². The quantitative estimate of drug-likeness (QED) is 0.161. The lowest BCUT2D eigenvalue weighted by molar-refractivity contribution is 0.293. The second-order valence-electron chi connectivity index (χ2n) is 9.95. The molecule has 0 saturated heterocycles. The van der Waals surface area contributed by atoms with Crippen molar-refractivity contribution in [3.05, 3.63) is 179 Å². The van der Waals surface area contributed by atoms with Crippen molar-refractivity contribution in [3.63, 3.8) is 0 Å². The molecule has 198 valence electrons. The molecule has 0 fully saturated rings. The maximum absolute atomic E-state index is 6.50. The first kappa shape index (κ1) is 26.8. The van der Waals surface area contributed by atoms with Gasteiger partial charge < -0.3 is 9.47 Å². The minimum Gasteiger partial charge on any atom is -0.489 e. The fraction of sp³-hybridized carbons (Fsp3) is 0.105. The maximum atomic E-state index is 6.50. The molecular weight excluding hydrogens is 488 g/mol. The largest absolute Gasteiger partial charge is 0.489 e. The summed E-state index contributed by atoms with van der Waals surface area (Å²) in [5.74, 6) is 1.69. The third-order valence-corrected chi connectivity index (χ3v) is 7.42. The number of rotatable bonds is 11. The molecule has 0 bridgehead atoms. The number of para-hydroxylation sites is 2. The van der Waals surface area contributed by atoms with Gasteiger partial charge in [-0.05, 0) is 46.9 Å². The van der Waals surface area contributed by atoms with Gasteiger partial charge in [0.25, 0.3) is 0 Å². The van der Waals surface area contributed by atoms with Crippen molar-refractivity contribution < 1.29 is 9.47 Å². The van der Waals surface area contributed by atoms with Crippen molar-refractivity contribution in [2.24, 2.45) is 0 Å². The molecule has 0 spiro atoms. The molecule has 0 atom stereocenters. The summed E-state index contributed by atoms with van der Waals surface area (Å²) in [5.41, 5.74) is 7.18. The van der Waals surface area contributed by atoms with E-state index in [4.69, 9.17) is 9.47 Å². The standard InChI is InChI=1S/C38H34O2/c1-4-29-19-23-31(24-20-29)27-39-36-17-11-9-15-34(36)38(3,33-13-7-6-8-14-33)35-16-10-12-18-37(35)40-28-32-25-21-30(5-2)22-26-32/h4-26H,1-2,27-28H2,3H3. The Labute approximate surface area is 237 Å². The molecule has 5 rings (SSSR count). The zero-order valence-electron chi connectivity index (χ0n) is 22.9. The minimum atomic E-state index is -0.534. The Morgan fingerprint density at radius 2 is 0.925 bits per heavy atom. The zero-order valence-corrected chi connectivity index (χ0v) is 22.9. The van der Waals surface area contributed by atoms with Crippen LogP contribution in [0.2, 0.25) is 0 Å². The third-order valence-electron chi connectivity index (χ3n) is 7.42. The lowest BCUT2D eigenvalue weighted by Crippen LogP contribution is -2.27. The van der Waals surface area contributed by atoms with Crippen LogP contribution in [0.4, 0.5) is 0 Å². The van der Waals surface area contributed by atoms with Crippen LogP contribution in [0, 0.1) is 0 Å². The molecule has 2 heteroatoms. The van der Waals surface area contributed by atoms with E-state index in [9.17, 15) is 0 Å². The van der Waals surface area contributed by atoms with E-state index in [0.29, 0.717) is 13.2 Å². The molecule has 0 N–H and O–H groups in total. The first-order chi connectivity index (χ1) is 19.6. The van der Waals surface area contributed by atoms with Crippen molar-refractivity contribution >= 4 is 12.2 Å². The highest BCUT2D eigenvalue weighted by Crippen LogP contribution is 2.46. The lowest BCUT2D eigenvalue weighted by atomic mass is 9.70. The summed E-state index contributed by atoms with van der Waals surface area (Å²) in [6.45, 7) is 10.9. The topological polar surface area (TPSA) is 18.5 Å². The van der Waals surface area contributed by atoms with Crippen LogP contribution >= 0.6 is 0 Å². The molecule has 0 saturated carbocycles. The van der Waals surface area contributed by atoms with Gasteiger partial charge in [-0.3, -0.25) is 0 Å². The molecule has 0 aromatic heterocycles. The van der Waals surface area contributed by atoms with Crippen molar-refractivity contribution in [2.75, 3.05) is 0 Å². The van der Waals surface area contributed by atoms with E-state index in [0.717, 1.165) is 50.4 Å². The average Bonchev–Trinajstić information content (AvgIpc) is 3.03. The van der Waals surface area contributed by atoms with Crippen LogP contribution in [0.15, 0.2) is 141 Å². The normalized spacial score (nSPS) is 11.0. The molecule has 0 heterocycles. The average molecular weight is 523 g/mol. The molecule has 5 aromatic carbocycles. The van der Waals surface area contributed by atoms with Crippen LogP contribution in [0.5, 0.6) is 11.5 Å². The number of benzene rings is 5. The molecule has 0 aliphatic heterocycles. The Morgan fingerprint density at radius 1 is 0.525 bits per heavy atom. The predicted octanol–water partition coefficient (Wildman–Crippen LogP) is 9.48. The third kappa shape index (κ3) is 5.77. The van der Waals surface area contributed by atoms with Gasteiger partial charge in [-0.1, -0.05) is 141 Å². The fourth-order valence-electron chi connectivity index (χ4n) is 5.06. The Morgan fingerprint density at radius 3 is 1.35 bits per heavy atom. The van der Waals surface area contributed by atoms with Crippen LogP contribution in [0.1, 0.15) is 45.9 Å². The highest BCUT2D eigenvalue weighted by Gasteiger charge is 2.36. The molecule has 0 amide bonds. The first-order valence-corrected chi connectivity index (χ1v) is 13.5. The van der Waals surface area contributed by atoms with Crippen molar-refractivity contribution in [2.45, 2.75) is 25.6 Å². The van der Waals surface area contributed by atoms with E-state index >= 15 is 0 Å². The van der Waals surface area contributed by atoms with Crippen LogP contribution < -0.4 is 9.47 Å². The summed E-state index contributed by atoms with van der Waals surface area (Å²) in [7, 11) is 0. The number of ether oxygens (including phenoxy) is 2. The van der Waals surface area contributed by atoms with Gasteiger partial charge in [0.1, 0.15) is 24.7 Å². The molecule has 5 aromatic rings. The highest BCUT2D eigenvalue weighted by atomic mass is 16.5. The summed E-state index contributed by atoms with van der Waals surface area (Å²) in [4.78, 5) is 0. The highest BCUT2D eigenvalue weighted by molar-refractivity contribution is 5.58.